The minimum atomic E-state index is -0.564. The number of ether oxygens (including phenoxy) is 1. The highest BCUT2D eigenvalue weighted by Gasteiger charge is 2.28. The number of nitrogens with one attached hydrogen (secondary N) is 1. The molecule has 0 amide bonds. The maximum absolute atomic E-state index is 11.2. The van der Waals surface area contributed by atoms with Crippen molar-refractivity contribution in [2.75, 3.05) is 33.3 Å². The summed E-state index contributed by atoms with van der Waals surface area (Å²) < 4.78 is 5.13. The van der Waals surface area contributed by atoms with Crippen LogP contribution >= 0.6 is 24.8 Å². The zero-order chi connectivity index (χ0) is 17.0. The van der Waals surface area contributed by atoms with E-state index in [2.05, 4.69) is 24.1 Å². The molecule has 25 heavy (non-hydrogen) atoms. The maximum atomic E-state index is 11.2. The molecule has 1 atom stereocenters. The van der Waals surface area contributed by atoms with Gasteiger partial charge >= 0.3 is 5.69 Å². The number of halogens is 2. The molecule has 2 N–H and O–H groups in total. The van der Waals surface area contributed by atoms with Gasteiger partial charge in [-0.25, -0.2) is 0 Å². The van der Waals surface area contributed by atoms with Gasteiger partial charge < -0.3 is 15.2 Å². The number of nitro groups is 1. The molecule has 9 heteroatoms. The van der Waals surface area contributed by atoms with E-state index in [1.54, 1.807) is 6.07 Å². The Morgan fingerprint density at radius 2 is 1.92 bits per heavy atom. The van der Waals surface area contributed by atoms with Crippen molar-refractivity contribution in [3.63, 3.8) is 0 Å². The van der Waals surface area contributed by atoms with Crippen molar-refractivity contribution in [2.45, 2.75) is 26.3 Å². The van der Waals surface area contributed by atoms with Gasteiger partial charge in [0, 0.05) is 38.3 Å². The summed E-state index contributed by atoms with van der Waals surface area (Å²) in [5.41, 5.74) is 0.519. The van der Waals surface area contributed by atoms with E-state index in [4.69, 9.17) is 4.74 Å². The zero-order valence-electron chi connectivity index (χ0n) is 14.7. The Morgan fingerprint density at radius 3 is 2.40 bits per heavy atom. The summed E-state index contributed by atoms with van der Waals surface area (Å²) in [6.45, 7) is 7.89. The summed E-state index contributed by atoms with van der Waals surface area (Å²) in [5.74, 6) is 0.191. The van der Waals surface area contributed by atoms with Crippen LogP contribution in [0, 0.1) is 16.0 Å². The molecular formula is C16H27Cl2N3O4. The van der Waals surface area contributed by atoms with Crippen LogP contribution < -0.4 is 10.1 Å². The van der Waals surface area contributed by atoms with Crippen molar-refractivity contribution in [3.05, 3.63) is 27.8 Å². The van der Waals surface area contributed by atoms with Gasteiger partial charge in [0.2, 0.25) is 5.75 Å². The van der Waals surface area contributed by atoms with Crippen LogP contribution in [-0.4, -0.2) is 48.2 Å². The molecule has 1 heterocycles. The number of hydrogen-bond donors (Lipinski definition) is 2. The number of rotatable bonds is 6. The largest absolute Gasteiger partial charge is 0.500 e. The molecule has 1 aromatic carbocycles. The minimum Gasteiger partial charge on any atom is -0.500 e. The van der Waals surface area contributed by atoms with Gasteiger partial charge in [-0.3, -0.25) is 15.0 Å². The van der Waals surface area contributed by atoms with Crippen molar-refractivity contribution in [1.82, 2.24) is 10.2 Å². The maximum Gasteiger partial charge on any atom is 0.314 e. The van der Waals surface area contributed by atoms with Crippen LogP contribution in [-0.2, 0) is 0 Å². The van der Waals surface area contributed by atoms with Crippen molar-refractivity contribution >= 4 is 30.5 Å². The van der Waals surface area contributed by atoms with Crippen LogP contribution in [0.25, 0.3) is 0 Å². The van der Waals surface area contributed by atoms with Crippen LogP contribution in [0.2, 0.25) is 0 Å². The summed E-state index contributed by atoms with van der Waals surface area (Å²) in [6, 6.07) is 3.27. The van der Waals surface area contributed by atoms with Gasteiger partial charge in [-0.2, -0.15) is 0 Å². The molecule has 0 saturated carbocycles. The number of methoxy groups -OCH3 is 1. The quantitative estimate of drug-likeness (QED) is 0.568. The lowest BCUT2D eigenvalue weighted by molar-refractivity contribution is -0.386. The highest BCUT2D eigenvalue weighted by Crippen LogP contribution is 2.40. The van der Waals surface area contributed by atoms with Crippen LogP contribution in [0.4, 0.5) is 5.69 Å². The molecule has 0 unspecified atom stereocenters. The Bertz CT molecular complexity index is 567. The standard InChI is InChI=1S/C16H25N3O4.2ClH/c1-11(2)8-13(18-6-4-17-5-7-18)12-9-14(19(21)22)16(20)15(10-12)23-3;;/h9-11,13,17,20H,4-8H2,1-3H3;2*1H/t13-;;/m0../s1. The van der Waals surface area contributed by atoms with E-state index in [0.717, 1.165) is 38.2 Å². The van der Waals surface area contributed by atoms with E-state index in [-0.39, 0.29) is 42.3 Å². The molecule has 0 aromatic heterocycles. The molecule has 1 aliphatic heterocycles. The van der Waals surface area contributed by atoms with E-state index >= 15 is 0 Å². The molecule has 1 fully saturated rings. The average molecular weight is 396 g/mol. The summed E-state index contributed by atoms with van der Waals surface area (Å²) in [6.07, 6.45) is 0.894. The van der Waals surface area contributed by atoms with E-state index in [1.165, 1.54) is 13.2 Å². The molecule has 144 valence electrons. The monoisotopic (exact) mass is 395 g/mol. The number of aromatic hydroxyl groups is 1. The third-order valence-electron chi connectivity index (χ3n) is 4.17. The number of nitrogens with zero attached hydrogens (tertiary/aromatic N) is 2. The highest BCUT2D eigenvalue weighted by molar-refractivity contribution is 5.85. The lowest BCUT2D eigenvalue weighted by atomic mass is 9.94. The van der Waals surface area contributed by atoms with E-state index in [0.29, 0.717) is 5.92 Å². The summed E-state index contributed by atoms with van der Waals surface area (Å²) in [5, 5.41) is 24.5. The molecule has 0 spiro atoms. The van der Waals surface area contributed by atoms with Crippen molar-refractivity contribution in [3.8, 4) is 11.5 Å². The van der Waals surface area contributed by atoms with Crippen LogP contribution in [0.3, 0.4) is 0 Å². The first-order chi connectivity index (χ1) is 10.9. The van der Waals surface area contributed by atoms with Gasteiger partial charge in [0.05, 0.1) is 12.0 Å². The fourth-order valence-electron chi connectivity index (χ4n) is 3.04. The average Bonchev–Trinajstić information content (AvgIpc) is 2.53. The molecular weight excluding hydrogens is 369 g/mol. The van der Waals surface area contributed by atoms with Gasteiger partial charge in [-0.1, -0.05) is 13.8 Å². The molecule has 1 aliphatic rings. The number of nitro benzene ring substituents is 1. The van der Waals surface area contributed by atoms with Crippen molar-refractivity contribution in [1.29, 1.82) is 0 Å². The number of benzene rings is 1. The Labute approximate surface area is 160 Å². The molecule has 0 bridgehead atoms. The normalized spacial score (nSPS) is 15.8. The van der Waals surface area contributed by atoms with Gasteiger partial charge in [0.1, 0.15) is 0 Å². The second kappa shape index (κ2) is 10.7. The number of piperazine rings is 1. The van der Waals surface area contributed by atoms with Crippen molar-refractivity contribution in [2.24, 2.45) is 5.92 Å². The second-order valence-corrected chi connectivity index (χ2v) is 6.28. The molecule has 0 radical (unpaired) electrons. The van der Waals surface area contributed by atoms with Crippen LogP contribution in [0.5, 0.6) is 11.5 Å². The predicted molar refractivity (Wildman–Crippen MR) is 102 cm³/mol. The van der Waals surface area contributed by atoms with Gasteiger partial charge in [-0.15, -0.1) is 24.8 Å². The fourth-order valence-corrected chi connectivity index (χ4v) is 3.04. The first-order valence-corrected chi connectivity index (χ1v) is 7.94. The number of phenols is 1. The second-order valence-electron chi connectivity index (χ2n) is 6.28. The third-order valence-corrected chi connectivity index (χ3v) is 4.17. The minimum absolute atomic E-state index is 0. The summed E-state index contributed by atoms with van der Waals surface area (Å²) >= 11 is 0. The van der Waals surface area contributed by atoms with Gasteiger partial charge in [0.15, 0.2) is 5.75 Å². The lowest BCUT2D eigenvalue weighted by Gasteiger charge is -2.36. The smallest absolute Gasteiger partial charge is 0.314 e. The van der Waals surface area contributed by atoms with E-state index in [1.807, 2.05) is 0 Å². The summed E-state index contributed by atoms with van der Waals surface area (Å²) in [4.78, 5) is 13.0. The molecule has 7 nitrogen and oxygen atoms in total. The topological polar surface area (TPSA) is 87.9 Å². The molecule has 1 saturated heterocycles. The highest BCUT2D eigenvalue weighted by atomic mass is 35.5. The molecule has 0 aliphatic carbocycles. The first kappa shape index (κ1) is 23.7. The number of hydrogen-bond acceptors (Lipinski definition) is 6. The third kappa shape index (κ3) is 5.88. The fraction of sp³-hybridized carbons (Fsp3) is 0.625. The lowest BCUT2D eigenvalue weighted by Crippen LogP contribution is -2.45. The Kier molecular flexibility index (Phi) is 10.1. The van der Waals surface area contributed by atoms with Gasteiger partial charge in [0.25, 0.3) is 0 Å². The molecule has 1 aromatic rings. The Balaban J connectivity index is 0.00000288. The van der Waals surface area contributed by atoms with Crippen molar-refractivity contribution < 1.29 is 14.8 Å². The summed E-state index contributed by atoms with van der Waals surface area (Å²) in [7, 11) is 1.41. The van der Waals surface area contributed by atoms with Crippen LogP contribution in [0.1, 0.15) is 31.9 Å². The SMILES string of the molecule is COc1cc([C@H](CC(C)C)N2CCNCC2)cc([N+](=O)[O-])c1O.Cl.Cl. The molecule has 2 rings (SSSR count). The first-order valence-electron chi connectivity index (χ1n) is 7.94. The van der Waals surface area contributed by atoms with E-state index < -0.39 is 10.7 Å². The van der Waals surface area contributed by atoms with Crippen LogP contribution in [0.15, 0.2) is 12.1 Å². The zero-order valence-corrected chi connectivity index (χ0v) is 16.4. The van der Waals surface area contributed by atoms with Gasteiger partial charge in [-0.05, 0) is 24.0 Å². The Hall–Kier alpha value is -1.28. The predicted octanol–water partition coefficient (Wildman–Crippen LogP) is 3.15. The Morgan fingerprint density at radius 1 is 1.32 bits per heavy atom. The number of phenolic OH excluding ortho intramolecular Hbond substituents is 1. The van der Waals surface area contributed by atoms with E-state index in [9.17, 15) is 15.2 Å².